The highest BCUT2D eigenvalue weighted by molar-refractivity contribution is 7.12. The van der Waals surface area contributed by atoms with E-state index < -0.39 is 0 Å². The zero-order valence-corrected chi connectivity index (χ0v) is 11.5. The fourth-order valence-corrected chi connectivity index (χ4v) is 4.87. The van der Waals surface area contributed by atoms with Gasteiger partial charge in [-0.1, -0.05) is 26.2 Å². The molecule has 3 rings (SSSR count). The number of hydrogen-bond donors (Lipinski definition) is 1. The lowest BCUT2D eigenvalue weighted by atomic mass is 9.72. The number of aromatic nitrogens is 1. The molecule has 0 bridgehead atoms. The molecule has 1 fully saturated rings. The van der Waals surface area contributed by atoms with Crippen molar-refractivity contribution in [3.05, 3.63) is 15.6 Å². The highest BCUT2D eigenvalue weighted by Crippen LogP contribution is 2.44. The second kappa shape index (κ2) is 4.36. The molecule has 2 atom stereocenters. The Hall–Kier alpha value is -0.410. The van der Waals surface area contributed by atoms with Crippen LogP contribution in [-0.2, 0) is 18.4 Å². The summed E-state index contributed by atoms with van der Waals surface area (Å²) in [5.41, 5.74) is 7.99. The van der Waals surface area contributed by atoms with Crippen LogP contribution >= 0.6 is 11.3 Å². The van der Waals surface area contributed by atoms with Crippen molar-refractivity contribution in [3.63, 3.8) is 0 Å². The number of hydrogen-bond acceptors (Lipinski definition) is 3. The first-order valence-corrected chi connectivity index (χ1v) is 7.83. The van der Waals surface area contributed by atoms with Crippen molar-refractivity contribution in [1.82, 2.24) is 4.98 Å². The van der Waals surface area contributed by atoms with Crippen molar-refractivity contribution >= 4 is 11.3 Å². The molecule has 0 spiro atoms. The van der Waals surface area contributed by atoms with Crippen LogP contribution in [0.25, 0.3) is 0 Å². The number of nitrogens with two attached hydrogens (primary N) is 1. The van der Waals surface area contributed by atoms with Gasteiger partial charge in [0.1, 0.15) is 5.01 Å². The summed E-state index contributed by atoms with van der Waals surface area (Å²) in [7, 11) is 0. The topological polar surface area (TPSA) is 38.9 Å². The molecular weight excluding hydrogens is 228 g/mol. The van der Waals surface area contributed by atoms with Gasteiger partial charge in [0.2, 0.25) is 0 Å². The Bertz CT molecular complexity index is 391. The Morgan fingerprint density at radius 1 is 1.35 bits per heavy atom. The third-order valence-corrected chi connectivity index (χ3v) is 5.96. The molecule has 2 aliphatic carbocycles. The Kier molecular flexibility index (Phi) is 2.99. The zero-order valence-electron chi connectivity index (χ0n) is 10.7. The third-order valence-electron chi connectivity index (χ3n) is 4.61. The maximum atomic E-state index is 6.74. The van der Waals surface area contributed by atoms with Crippen LogP contribution in [-0.4, -0.2) is 4.98 Å². The van der Waals surface area contributed by atoms with Crippen LogP contribution in [0.2, 0.25) is 0 Å². The predicted octanol–water partition coefficient (Wildman–Crippen LogP) is 3.39. The van der Waals surface area contributed by atoms with Gasteiger partial charge in [-0.15, -0.1) is 11.3 Å². The van der Waals surface area contributed by atoms with Gasteiger partial charge in [-0.2, -0.15) is 0 Å². The molecule has 2 N–H and O–H groups in total. The molecule has 17 heavy (non-hydrogen) atoms. The van der Waals surface area contributed by atoms with E-state index in [2.05, 4.69) is 6.92 Å². The second-order valence-electron chi connectivity index (χ2n) is 5.63. The molecule has 1 aromatic rings. The predicted molar refractivity (Wildman–Crippen MR) is 72.3 cm³/mol. The van der Waals surface area contributed by atoms with Gasteiger partial charge in [0, 0.05) is 4.88 Å². The van der Waals surface area contributed by atoms with E-state index in [-0.39, 0.29) is 5.54 Å². The van der Waals surface area contributed by atoms with Gasteiger partial charge in [-0.25, -0.2) is 4.98 Å². The van der Waals surface area contributed by atoms with Crippen LogP contribution in [0.5, 0.6) is 0 Å². The van der Waals surface area contributed by atoms with E-state index >= 15 is 0 Å². The number of aryl methyl sites for hydroxylation is 2. The van der Waals surface area contributed by atoms with Gasteiger partial charge in [0.15, 0.2) is 0 Å². The molecule has 0 aromatic carbocycles. The fourth-order valence-electron chi connectivity index (χ4n) is 3.51. The van der Waals surface area contributed by atoms with Crippen LogP contribution < -0.4 is 5.73 Å². The Morgan fingerprint density at radius 2 is 2.24 bits per heavy atom. The summed E-state index contributed by atoms with van der Waals surface area (Å²) in [5.74, 6) is 0.641. The molecular formula is C14H22N2S. The average Bonchev–Trinajstić information content (AvgIpc) is 2.89. The van der Waals surface area contributed by atoms with Crippen molar-refractivity contribution in [2.75, 3.05) is 0 Å². The fraction of sp³-hybridized carbons (Fsp3) is 0.786. The van der Waals surface area contributed by atoms with Crippen LogP contribution in [0.3, 0.4) is 0 Å². The van der Waals surface area contributed by atoms with Crippen LogP contribution in [0.15, 0.2) is 0 Å². The molecule has 0 saturated heterocycles. The largest absolute Gasteiger partial charge is 0.319 e. The van der Waals surface area contributed by atoms with Gasteiger partial charge < -0.3 is 5.73 Å². The number of rotatable bonds is 2. The average molecular weight is 250 g/mol. The van der Waals surface area contributed by atoms with Gasteiger partial charge in [0.25, 0.3) is 0 Å². The minimum Gasteiger partial charge on any atom is -0.319 e. The summed E-state index contributed by atoms with van der Waals surface area (Å²) in [6.45, 7) is 2.28. The standard InChI is InChI=1S/C14H22N2S/c1-2-10-6-3-4-9-14(10,15)13-16-11-7-5-8-12(11)17-13/h10H,2-9,15H2,1H3. The van der Waals surface area contributed by atoms with E-state index in [1.807, 2.05) is 11.3 Å². The summed E-state index contributed by atoms with van der Waals surface area (Å²) < 4.78 is 0. The molecule has 94 valence electrons. The summed E-state index contributed by atoms with van der Waals surface area (Å²) >= 11 is 1.91. The molecule has 1 heterocycles. The minimum atomic E-state index is -0.109. The third kappa shape index (κ3) is 1.84. The van der Waals surface area contributed by atoms with Crippen molar-refractivity contribution in [2.24, 2.45) is 11.7 Å². The quantitative estimate of drug-likeness (QED) is 0.874. The van der Waals surface area contributed by atoms with Crippen LogP contribution in [0, 0.1) is 5.92 Å². The maximum Gasteiger partial charge on any atom is 0.113 e. The smallest absolute Gasteiger partial charge is 0.113 e. The van der Waals surface area contributed by atoms with Gasteiger partial charge >= 0.3 is 0 Å². The summed E-state index contributed by atoms with van der Waals surface area (Å²) in [4.78, 5) is 6.40. The zero-order chi connectivity index (χ0) is 11.9. The van der Waals surface area contributed by atoms with Gasteiger partial charge in [-0.05, 0) is 38.0 Å². The Morgan fingerprint density at radius 3 is 3.00 bits per heavy atom. The van der Waals surface area contributed by atoms with Crippen molar-refractivity contribution in [2.45, 2.75) is 63.8 Å². The lowest BCUT2D eigenvalue weighted by Crippen LogP contribution is -2.46. The molecule has 1 saturated carbocycles. The van der Waals surface area contributed by atoms with Crippen molar-refractivity contribution in [3.8, 4) is 0 Å². The highest BCUT2D eigenvalue weighted by Gasteiger charge is 2.40. The van der Waals surface area contributed by atoms with Crippen LogP contribution in [0.1, 0.15) is 61.0 Å². The van der Waals surface area contributed by atoms with Gasteiger partial charge in [-0.3, -0.25) is 0 Å². The van der Waals surface area contributed by atoms with E-state index in [0.29, 0.717) is 5.92 Å². The van der Waals surface area contributed by atoms with Crippen molar-refractivity contribution < 1.29 is 0 Å². The molecule has 2 aliphatic rings. The first kappa shape index (κ1) is 11.7. The lowest BCUT2D eigenvalue weighted by Gasteiger charge is -2.39. The van der Waals surface area contributed by atoms with E-state index in [0.717, 1.165) is 6.42 Å². The van der Waals surface area contributed by atoms with E-state index in [1.165, 1.54) is 60.5 Å². The van der Waals surface area contributed by atoms with Crippen molar-refractivity contribution in [1.29, 1.82) is 0 Å². The lowest BCUT2D eigenvalue weighted by molar-refractivity contribution is 0.183. The SMILES string of the molecule is CCC1CCCCC1(N)c1nc2c(s1)CCC2. The number of nitrogens with zero attached hydrogens (tertiary/aromatic N) is 1. The van der Waals surface area contributed by atoms with E-state index in [4.69, 9.17) is 10.7 Å². The first-order chi connectivity index (χ1) is 8.24. The minimum absolute atomic E-state index is 0.109. The molecule has 2 nitrogen and oxygen atoms in total. The summed E-state index contributed by atoms with van der Waals surface area (Å²) in [5, 5.41) is 1.24. The molecule has 2 unspecified atom stereocenters. The Labute approximate surface area is 108 Å². The number of fused-ring (bicyclic) bond motifs is 1. The normalized spacial score (nSPS) is 32.7. The van der Waals surface area contributed by atoms with Gasteiger partial charge in [0.05, 0.1) is 11.2 Å². The summed E-state index contributed by atoms with van der Waals surface area (Å²) in [6.07, 6.45) is 9.96. The Balaban J connectivity index is 1.94. The van der Waals surface area contributed by atoms with E-state index in [9.17, 15) is 0 Å². The molecule has 0 amide bonds. The molecule has 0 radical (unpaired) electrons. The molecule has 0 aliphatic heterocycles. The maximum absolute atomic E-state index is 6.74. The van der Waals surface area contributed by atoms with Crippen LogP contribution in [0.4, 0.5) is 0 Å². The molecule has 1 aromatic heterocycles. The monoisotopic (exact) mass is 250 g/mol. The highest BCUT2D eigenvalue weighted by atomic mass is 32.1. The molecule has 3 heteroatoms. The second-order valence-corrected chi connectivity index (χ2v) is 6.72. The number of thiazole rings is 1. The summed E-state index contributed by atoms with van der Waals surface area (Å²) in [6, 6.07) is 0. The van der Waals surface area contributed by atoms with E-state index in [1.54, 1.807) is 0 Å². The first-order valence-electron chi connectivity index (χ1n) is 7.02.